The fraction of sp³-hybridized carbons (Fsp3) is 0.222. The zero-order valence-electron chi connectivity index (χ0n) is 13.5. The first-order valence-electron chi connectivity index (χ1n) is 7.64. The summed E-state index contributed by atoms with van der Waals surface area (Å²) in [5.74, 6) is -0.556. The average Bonchev–Trinajstić information content (AvgIpc) is 2.97. The number of aromatic nitrogens is 1. The van der Waals surface area contributed by atoms with Crippen molar-refractivity contribution in [3.05, 3.63) is 59.4 Å². The van der Waals surface area contributed by atoms with Crippen LogP contribution >= 0.6 is 11.3 Å². The Hall–Kier alpha value is -2.31. The van der Waals surface area contributed by atoms with Gasteiger partial charge in [0.15, 0.2) is 0 Å². The quantitative estimate of drug-likeness (QED) is 0.760. The summed E-state index contributed by atoms with van der Waals surface area (Å²) < 4.78 is 14.3. The molecule has 1 N–H and O–H groups in total. The fourth-order valence-electron chi connectivity index (χ4n) is 2.39. The minimum absolute atomic E-state index is 0.0145. The van der Waals surface area contributed by atoms with Crippen LogP contribution in [-0.2, 0) is 4.79 Å². The zero-order chi connectivity index (χ0) is 17.1. The summed E-state index contributed by atoms with van der Waals surface area (Å²) >= 11 is 1.63. The van der Waals surface area contributed by atoms with Gasteiger partial charge in [-0.15, -0.1) is 11.3 Å². The summed E-state index contributed by atoms with van der Waals surface area (Å²) in [5.41, 5.74) is 1.43. The largest absolute Gasteiger partial charge is 0.325 e. The maximum Gasteiger partial charge on any atom is 0.238 e. The van der Waals surface area contributed by atoms with Crippen LogP contribution in [0.25, 0.3) is 10.2 Å². The van der Waals surface area contributed by atoms with Crippen LogP contribution in [0.4, 0.5) is 10.1 Å². The van der Waals surface area contributed by atoms with Gasteiger partial charge in [-0.1, -0.05) is 18.2 Å². The highest BCUT2D eigenvalue weighted by Gasteiger charge is 2.18. The number of nitrogens with one attached hydrogen (secondary N) is 1. The third kappa shape index (κ3) is 3.77. The zero-order valence-corrected chi connectivity index (χ0v) is 14.3. The maximum absolute atomic E-state index is 13.2. The van der Waals surface area contributed by atoms with E-state index >= 15 is 0 Å². The van der Waals surface area contributed by atoms with Gasteiger partial charge in [-0.25, -0.2) is 9.37 Å². The van der Waals surface area contributed by atoms with Crippen molar-refractivity contribution < 1.29 is 9.18 Å². The molecular weight excluding hydrogens is 325 g/mol. The molecule has 4 nitrogen and oxygen atoms in total. The molecule has 1 aromatic heterocycles. The third-order valence-corrected chi connectivity index (χ3v) is 5.04. The minimum atomic E-state index is -0.371. The van der Waals surface area contributed by atoms with Gasteiger partial charge in [-0.2, -0.15) is 0 Å². The molecule has 1 heterocycles. The van der Waals surface area contributed by atoms with Crippen molar-refractivity contribution in [2.75, 3.05) is 18.9 Å². The predicted octanol–water partition coefficient (Wildman–Crippen LogP) is 4.07. The number of hydrogen-bond acceptors (Lipinski definition) is 4. The van der Waals surface area contributed by atoms with E-state index < -0.39 is 0 Å². The number of halogens is 1. The van der Waals surface area contributed by atoms with Crippen molar-refractivity contribution >= 4 is 33.1 Å². The number of fused-ring (bicyclic) bond motifs is 1. The summed E-state index contributed by atoms with van der Waals surface area (Å²) in [5, 5.41) is 3.68. The molecule has 0 aliphatic rings. The molecule has 0 spiro atoms. The van der Waals surface area contributed by atoms with E-state index in [1.807, 2.05) is 43.1 Å². The molecule has 24 heavy (non-hydrogen) atoms. The van der Waals surface area contributed by atoms with E-state index in [1.165, 1.54) is 12.1 Å². The van der Waals surface area contributed by atoms with Gasteiger partial charge in [0, 0.05) is 5.69 Å². The first-order valence-corrected chi connectivity index (χ1v) is 8.46. The van der Waals surface area contributed by atoms with Crippen LogP contribution in [0.15, 0.2) is 48.5 Å². The lowest BCUT2D eigenvalue weighted by molar-refractivity contribution is -0.117. The van der Waals surface area contributed by atoms with Gasteiger partial charge >= 0.3 is 0 Å². The highest BCUT2D eigenvalue weighted by molar-refractivity contribution is 7.18. The number of anilines is 1. The van der Waals surface area contributed by atoms with Crippen molar-refractivity contribution in [2.24, 2.45) is 0 Å². The van der Waals surface area contributed by atoms with Crippen molar-refractivity contribution in [3.63, 3.8) is 0 Å². The molecular formula is C18H18FN3OS. The second-order valence-corrected chi connectivity index (χ2v) is 6.73. The van der Waals surface area contributed by atoms with Crippen LogP contribution in [0.2, 0.25) is 0 Å². The van der Waals surface area contributed by atoms with E-state index in [2.05, 4.69) is 10.3 Å². The van der Waals surface area contributed by atoms with Gasteiger partial charge in [0.1, 0.15) is 10.8 Å². The van der Waals surface area contributed by atoms with E-state index in [-0.39, 0.29) is 24.3 Å². The average molecular weight is 343 g/mol. The number of carbonyl (C=O) groups is 1. The number of thiazole rings is 1. The van der Waals surface area contributed by atoms with E-state index in [0.717, 1.165) is 15.2 Å². The smallest absolute Gasteiger partial charge is 0.238 e. The normalized spacial score (nSPS) is 12.5. The molecule has 1 atom stereocenters. The molecule has 2 aromatic carbocycles. The molecule has 0 radical (unpaired) electrons. The Labute approximate surface area is 143 Å². The van der Waals surface area contributed by atoms with Crippen LogP contribution < -0.4 is 5.32 Å². The lowest BCUT2D eigenvalue weighted by Crippen LogP contribution is -2.32. The molecule has 0 bridgehead atoms. The predicted molar refractivity (Wildman–Crippen MR) is 95.7 cm³/mol. The van der Waals surface area contributed by atoms with Crippen molar-refractivity contribution in [1.29, 1.82) is 0 Å². The summed E-state index contributed by atoms with van der Waals surface area (Å²) in [7, 11) is 1.88. The van der Waals surface area contributed by atoms with Gasteiger partial charge < -0.3 is 5.32 Å². The van der Waals surface area contributed by atoms with Gasteiger partial charge in [-0.3, -0.25) is 9.69 Å². The van der Waals surface area contributed by atoms with E-state index in [9.17, 15) is 9.18 Å². The Kier molecular flexibility index (Phi) is 4.87. The van der Waals surface area contributed by atoms with Crippen LogP contribution in [-0.4, -0.2) is 29.4 Å². The molecule has 0 aliphatic heterocycles. The SMILES string of the molecule is C[C@H](c1nc2ccccc2s1)N(C)CC(=O)Nc1cccc(F)c1. The summed E-state index contributed by atoms with van der Waals surface area (Å²) in [6, 6.07) is 13.9. The topological polar surface area (TPSA) is 45.2 Å². The van der Waals surface area contributed by atoms with E-state index in [1.54, 1.807) is 23.5 Å². The third-order valence-electron chi connectivity index (χ3n) is 3.83. The Morgan fingerprint density at radius 1 is 1.29 bits per heavy atom. The number of nitrogens with zero attached hydrogens (tertiary/aromatic N) is 2. The van der Waals surface area contributed by atoms with E-state index in [4.69, 9.17) is 0 Å². The van der Waals surface area contributed by atoms with Crippen molar-refractivity contribution in [1.82, 2.24) is 9.88 Å². The molecule has 1 amide bonds. The van der Waals surface area contributed by atoms with Crippen LogP contribution in [0.5, 0.6) is 0 Å². The molecule has 6 heteroatoms. The van der Waals surface area contributed by atoms with Gasteiger partial charge in [0.05, 0.1) is 22.8 Å². The number of carbonyl (C=O) groups excluding carboxylic acids is 1. The van der Waals surface area contributed by atoms with Crippen LogP contribution in [0.1, 0.15) is 18.0 Å². The van der Waals surface area contributed by atoms with Gasteiger partial charge in [0.25, 0.3) is 0 Å². The monoisotopic (exact) mass is 343 g/mol. The van der Waals surface area contributed by atoms with E-state index in [0.29, 0.717) is 5.69 Å². The molecule has 0 aliphatic carbocycles. The number of hydrogen-bond donors (Lipinski definition) is 1. The molecule has 0 saturated heterocycles. The number of amides is 1. The second-order valence-electron chi connectivity index (χ2n) is 5.67. The maximum atomic E-state index is 13.2. The van der Waals surface area contributed by atoms with Crippen molar-refractivity contribution in [3.8, 4) is 0 Å². The number of likely N-dealkylation sites (N-methyl/N-ethyl adjacent to an activating group) is 1. The lowest BCUT2D eigenvalue weighted by Gasteiger charge is -2.22. The minimum Gasteiger partial charge on any atom is -0.325 e. The second kappa shape index (κ2) is 7.07. The molecule has 124 valence electrons. The Morgan fingerprint density at radius 2 is 2.08 bits per heavy atom. The molecule has 0 unspecified atom stereocenters. The van der Waals surface area contributed by atoms with Crippen LogP contribution in [0, 0.1) is 5.82 Å². The Bertz CT molecular complexity index is 831. The highest BCUT2D eigenvalue weighted by Crippen LogP contribution is 2.28. The lowest BCUT2D eigenvalue weighted by atomic mass is 10.3. The molecule has 3 aromatic rings. The first kappa shape index (κ1) is 16.5. The summed E-state index contributed by atoms with van der Waals surface area (Å²) in [6.07, 6.45) is 0. The number of rotatable bonds is 5. The van der Waals surface area contributed by atoms with Gasteiger partial charge in [0.2, 0.25) is 5.91 Å². The molecule has 0 fully saturated rings. The van der Waals surface area contributed by atoms with Crippen LogP contribution in [0.3, 0.4) is 0 Å². The highest BCUT2D eigenvalue weighted by atomic mass is 32.1. The fourth-order valence-corrected chi connectivity index (χ4v) is 3.47. The Balaban J connectivity index is 1.65. The molecule has 3 rings (SSSR count). The molecule has 0 saturated carbocycles. The van der Waals surface area contributed by atoms with Crippen molar-refractivity contribution in [2.45, 2.75) is 13.0 Å². The summed E-state index contributed by atoms with van der Waals surface area (Å²) in [4.78, 5) is 18.7. The Morgan fingerprint density at radius 3 is 2.83 bits per heavy atom. The summed E-state index contributed by atoms with van der Waals surface area (Å²) in [6.45, 7) is 2.22. The standard InChI is InChI=1S/C18H18FN3OS/c1-12(18-21-15-8-3-4-9-16(15)24-18)22(2)11-17(23)20-14-7-5-6-13(19)10-14/h3-10,12H,11H2,1-2H3,(H,20,23)/t12-/m1/s1. The first-order chi connectivity index (χ1) is 11.5. The number of para-hydroxylation sites is 1. The van der Waals surface area contributed by atoms with Gasteiger partial charge in [-0.05, 0) is 44.3 Å². The number of benzene rings is 2.